The van der Waals surface area contributed by atoms with Gasteiger partial charge in [-0.15, -0.1) is 0 Å². The molecule has 20 heavy (non-hydrogen) atoms. The van der Waals surface area contributed by atoms with E-state index in [4.69, 9.17) is 5.11 Å². The van der Waals surface area contributed by atoms with Gasteiger partial charge in [0.1, 0.15) is 0 Å². The van der Waals surface area contributed by atoms with E-state index in [9.17, 15) is 9.59 Å². The molecule has 0 saturated carbocycles. The minimum atomic E-state index is -1.15. The van der Waals surface area contributed by atoms with Gasteiger partial charge in [-0.3, -0.25) is 9.69 Å². The van der Waals surface area contributed by atoms with E-state index in [1.54, 1.807) is 4.90 Å². The van der Waals surface area contributed by atoms with Crippen LogP contribution in [0.2, 0.25) is 0 Å². The lowest BCUT2D eigenvalue weighted by molar-refractivity contribution is 0.0665. The van der Waals surface area contributed by atoms with Crippen molar-refractivity contribution in [2.45, 2.75) is 25.3 Å². The van der Waals surface area contributed by atoms with Crippen LogP contribution in [0.5, 0.6) is 0 Å². The van der Waals surface area contributed by atoms with E-state index in [0.717, 1.165) is 25.9 Å². The first kappa shape index (κ1) is 13.1. The lowest BCUT2D eigenvalue weighted by Crippen LogP contribution is -2.40. The first-order chi connectivity index (χ1) is 9.66. The number of carboxylic acids is 1. The first-order valence-corrected chi connectivity index (χ1v) is 6.97. The Kier molecular flexibility index (Phi) is 3.43. The summed E-state index contributed by atoms with van der Waals surface area (Å²) in [4.78, 5) is 34.1. The van der Waals surface area contributed by atoms with Crippen LogP contribution in [-0.4, -0.2) is 69.0 Å². The van der Waals surface area contributed by atoms with E-state index in [-0.39, 0.29) is 17.3 Å². The van der Waals surface area contributed by atoms with Gasteiger partial charge in [-0.25, -0.2) is 9.78 Å². The number of rotatable bonds is 2. The maximum atomic E-state index is 12.5. The normalized spacial score (nSPS) is 23.4. The molecule has 1 unspecified atom stereocenters. The molecular formula is C13H18N4O3. The predicted octanol–water partition coefficient (Wildman–Crippen LogP) is 0.418. The highest BCUT2D eigenvalue weighted by Gasteiger charge is 2.32. The van der Waals surface area contributed by atoms with Crippen LogP contribution in [0.3, 0.4) is 0 Å². The van der Waals surface area contributed by atoms with Crippen LogP contribution in [0.15, 0.2) is 6.33 Å². The van der Waals surface area contributed by atoms with E-state index in [1.807, 2.05) is 0 Å². The zero-order valence-electron chi connectivity index (χ0n) is 11.2. The molecule has 0 radical (unpaired) electrons. The average molecular weight is 278 g/mol. The van der Waals surface area contributed by atoms with Gasteiger partial charge >= 0.3 is 5.97 Å². The van der Waals surface area contributed by atoms with Crippen molar-refractivity contribution in [2.75, 3.05) is 26.2 Å². The van der Waals surface area contributed by atoms with Crippen LogP contribution < -0.4 is 0 Å². The molecule has 0 spiro atoms. The zero-order valence-corrected chi connectivity index (χ0v) is 11.2. The number of hydrogen-bond acceptors (Lipinski definition) is 4. The lowest BCUT2D eigenvalue weighted by atomic mass is 10.2. The second-order valence-corrected chi connectivity index (χ2v) is 5.37. The quantitative estimate of drug-likeness (QED) is 0.818. The van der Waals surface area contributed by atoms with Crippen molar-refractivity contribution in [1.29, 1.82) is 0 Å². The summed E-state index contributed by atoms with van der Waals surface area (Å²) in [5.74, 6) is -1.43. The number of imidazole rings is 1. The van der Waals surface area contributed by atoms with Crippen molar-refractivity contribution in [2.24, 2.45) is 0 Å². The highest BCUT2D eigenvalue weighted by molar-refractivity contribution is 6.02. The Bertz CT molecular complexity index is 527. The number of carboxylic acid groups (broad SMARTS) is 1. The second kappa shape index (κ2) is 5.24. The molecule has 2 aliphatic heterocycles. The molecule has 0 bridgehead atoms. The largest absolute Gasteiger partial charge is 0.477 e. The van der Waals surface area contributed by atoms with Gasteiger partial charge < -0.3 is 15.0 Å². The summed E-state index contributed by atoms with van der Waals surface area (Å²) in [6, 6.07) is 0.411. The van der Waals surface area contributed by atoms with E-state index >= 15 is 0 Å². The average Bonchev–Trinajstić information content (AvgIpc) is 3.03. The molecule has 108 valence electrons. The van der Waals surface area contributed by atoms with E-state index in [2.05, 4.69) is 14.9 Å². The third-order valence-corrected chi connectivity index (χ3v) is 4.15. The van der Waals surface area contributed by atoms with Gasteiger partial charge in [-0.05, 0) is 25.8 Å². The first-order valence-electron chi connectivity index (χ1n) is 6.97. The summed E-state index contributed by atoms with van der Waals surface area (Å²) in [7, 11) is 0. The van der Waals surface area contributed by atoms with Crippen LogP contribution in [-0.2, 0) is 0 Å². The van der Waals surface area contributed by atoms with Crippen molar-refractivity contribution in [1.82, 2.24) is 19.8 Å². The van der Waals surface area contributed by atoms with Gasteiger partial charge in [0.2, 0.25) is 0 Å². The number of nitrogens with zero attached hydrogens (tertiary/aromatic N) is 3. The van der Waals surface area contributed by atoms with Gasteiger partial charge in [0.05, 0.1) is 6.33 Å². The topological polar surface area (TPSA) is 89.5 Å². The molecule has 1 aromatic heterocycles. The molecule has 0 aromatic carbocycles. The smallest absolute Gasteiger partial charge is 0.354 e. The van der Waals surface area contributed by atoms with E-state index in [1.165, 1.54) is 12.7 Å². The number of carbonyl (C=O) groups is 2. The fourth-order valence-electron chi connectivity index (χ4n) is 3.16. The zero-order chi connectivity index (χ0) is 14.1. The number of aromatic amines is 1. The standard InChI is InChI=1S/C13H18N4O3/c18-12(10-11(13(19)20)15-8-14-10)17-6-2-5-16-4-1-3-9(16)7-17/h8-9H,1-7H2,(H,14,15)(H,19,20). The van der Waals surface area contributed by atoms with Crippen LogP contribution in [0.1, 0.15) is 40.2 Å². The van der Waals surface area contributed by atoms with Crippen LogP contribution in [0.25, 0.3) is 0 Å². The number of hydrogen-bond donors (Lipinski definition) is 2. The summed E-state index contributed by atoms with van der Waals surface area (Å²) < 4.78 is 0. The Balaban J connectivity index is 1.79. The number of H-pyrrole nitrogens is 1. The Morgan fingerprint density at radius 3 is 2.90 bits per heavy atom. The molecule has 2 aliphatic rings. The fraction of sp³-hybridized carbons (Fsp3) is 0.615. The number of aromatic carboxylic acids is 1. The van der Waals surface area contributed by atoms with E-state index < -0.39 is 5.97 Å². The summed E-state index contributed by atoms with van der Waals surface area (Å²) in [5.41, 5.74) is -0.105. The van der Waals surface area contributed by atoms with Gasteiger partial charge in [0.15, 0.2) is 11.4 Å². The summed E-state index contributed by atoms with van der Waals surface area (Å²) in [6.45, 7) is 3.46. The molecule has 7 nitrogen and oxygen atoms in total. The third-order valence-electron chi connectivity index (χ3n) is 4.15. The number of aromatic nitrogens is 2. The molecule has 2 fully saturated rings. The molecule has 3 rings (SSSR count). The Labute approximate surface area is 116 Å². The van der Waals surface area contributed by atoms with Gasteiger partial charge in [0.25, 0.3) is 5.91 Å². The van der Waals surface area contributed by atoms with Gasteiger partial charge in [-0.2, -0.15) is 0 Å². The molecule has 2 N–H and O–H groups in total. The van der Waals surface area contributed by atoms with Crippen molar-refractivity contribution in [3.63, 3.8) is 0 Å². The molecular weight excluding hydrogens is 260 g/mol. The highest BCUT2D eigenvalue weighted by atomic mass is 16.4. The van der Waals surface area contributed by atoms with E-state index in [0.29, 0.717) is 19.1 Å². The van der Waals surface area contributed by atoms with Crippen LogP contribution in [0, 0.1) is 0 Å². The Morgan fingerprint density at radius 1 is 1.30 bits per heavy atom. The van der Waals surface area contributed by atoms with Crippen LogP contribution in [0.4, 0.5) is 0 Å². The number of fused-ring (bicyclic) bond motifs is 1. The third kappa shape index (κ3) is 2.29. The molecule has 1 amide bonds. The molecule has 2 saturated heterocycles. The highest BCUT2D eigenvalue weighted by Crippen LogP contribution is 2.22. The number of amides is 1. The van der Waals surface area contributed by atoms with Crippen molar-refractivity contribution < 1.29 is 14.7 Å². The van der Waals surface area contributed by atoms with Crippen molar-refractivity contribution in [3.05, 3.63) is 17.7 Å². The SMILES string of the molecule is O=C(O)c1[nH]cnc1C(=O)N1CCCN2CCCC2C1. The Morgan fingerprint density at radius 2 is 2.10 bits per heavy atom. The van der Waals surface area contributed by atoms with Crippen molar-refractivity contribution in [3.8, 4) is 0 Å². The predicted molar refractivity (Wildman–Crippen MR) is 70.7 cm³/mol. The summed E-state index contributed by atoms with van der Waals surface area (Å²) >= 11 is 0. The number of nitrogens with one attached hydrogen (secondary N) is 1. The molecule has 1 aromatic rings. The van der Waals surface area contributed by atoms with Gasteiger partial charge in [-0.1, -0.05) is 0 Å². The summed E-state index contributed by atoms with van der Waals surface area (Å²) in [6.07, 6.45) is 4.47. The van der Waals surface area contributed by atoms with Crippen molar-refractivity contribution >= 4 is 11.9 Å². The number of carbonyl (C=O) groups excluding carboxylic acids is 1. The van der Waals surface area contributed by atoms with Crippen LogP contribution >= 0.6 is 0 Å². The lowest BCUT2D eigenvalue weighted by Gasteiger charge is -2.25. The maximum absolute atomic E-state index is 12.5. The monoisotopic (exact) mass is 278 g/mol. The molecule has 3 heterocycles. The molecule has 7 heteroatoms. The van der Waals surface area contributed by atoms with Gasteiger partial charge in [0, 0.05) is 25.7 Å². The molecule has 0 aliphatic carbocycles. The second-order valence-electron chi connectivity index (χ2n) is 5.37. The summed E-state index contributed by atoms with van der Waals surface area (Å²) in [5, 5.41) is 9.06. The Hall–Kier alpha value is -1.89. The maximum Gasteiger partial charge on any atom is 0.354 e. The minimum Gasteiger partial charge on any atom is -0.477 e. The minimum absolute atomic E-state index is 0.0175. The fourth-order valence-corrected chi connectivity index (χ4v) is 3.16. The molecule has 1 atom stereocenters.